The third-order valence-corrected chi connectivity index (χ3v) is 6.18. The van der Waals surface area contributed by atoms with Crippen molar-refractivity contribution in [3.63, 3.8) is 0 Å². The van der Waals surface area contributed by atoms with Crippen LogP contribution in [0.5, 0.6) is 11.5 Å². The molecule has 7 heteroatoms. The Morgan fingerprint density at radius 1 is 1.03 bits per heavy atom. The monoisotopic (exact) mass is 384 g/mol. The summed E-state index contributed by atoms with van der Waals surface area (Å²) < 4.78 is 13.1. The molecular weight excluding hydrogens is 368 g/mol. The molecule has 0 saturated carbocycles. The summed E-state index contributed by atoms with van der Waals surface area (Å²) in [4.78, 5) is 18.3. The largest absolute Gasteiger partial charge is 0.454 e. The predicted molar refractivity (Wildman–Crippen MR) is 107 cm³/mol. The lowest BCUT2D eigenvalue weighted by Gasteiger charge is -2.30. The smallest absolute Gasteiger partial charge is 0.231 e. The number of hydrogen-bond acceptors (Lipinski definition) is 6. The molecule has 7 rings (SSSR count). The van der Waals surface area contributed by atoms with Crippen LogP contribution in [0.2, 0.25) is 0 Å². The summed E-state index contributed by atoms with van der Waals surface area (Å²) in [5.41, 5.74) is 4.89. The van der Waals surface area contributed by atoms with E-state index in [1.54, 1.807) is 0 Å². The van der Waals surface area contributed by atoms with E-state index in [0.717, 1.165) is 55.9 Å². The lowest BCUT2D eigenvalue weighted by atomic mass is 9.74. The first-order chi connectivity index (χ1) is 14.0. The number of benzene rings is 2. The molecule has 4 heterocycles. The standard InChI is InChI=1S/C22H16N4O3/c1-22(2)7-13-19(15(27)8-22)18-10-5-16-17(29-9-28-16)6-14(10)26-21-12(24-25-26)4-3-11(23-13)20(18)21/h3-6H,7-9H2,1-2H3. The molecule has 7 nitrogen and oxygen atoms in total. The first-order valence-electron chi connectivity index (χ1n) is 9.69. The zero-order valence-electron chi connectivity index (χ0n) is 15.9. The van der Waals surface area contributed by atoms with Crippen molar-refractivity contribution < 1.29 is 14.3 Å². The van der Waals surface area contributed by atoms with E-state index in [1.165, 1.54) is 0 Å². The van der Waals surface area contributed by atoms with Crippen molar-refractivity contribution in [3.8, 4) is 11.5 Å². The molecule has 0 radical (unpaired) electrons. The van der Waals surface area contributed by atoms with Gasteiger partial charge in [-0.2, -0.15) is 0 Å². The zero-order valence-corrected chi connectivity index (χ0v) is 15.9. The molecule has 3 aromatic heterocycles. The number of rotatable bonds is 0. The fourth-order valence-corrected chi connectivity index (χ4v) is 5.02. The number of ketones is 1. The van der Waals surface area contributed by atoms with Crippen LogP contribution in [-0.2, 0) is 6.42 Å². The Balaban J connectivity index is 1.79. The van der Waals surface area contributed by atoms with Crippen LogP contribution in [0.25, 0.3) is 38.2 Å². The lowest BCUT2D eigenvalue weighted by Crippen LogP contribution is -2.28. The molecule has 29 heavy (non-hydrogen) atoms. The van der Waals surface area contributed by atoms with Crippen LogP contribution in [0, 0.1) is 5.41 Å². The van der Waals surface area contributed by atoms with Crippen LogP contribution in [0.4, 0.5) is 0 Å². The van der Waals surface area contributed by atoms with E-state index in [1.807, 2.05) is 28.8 Å². The molecule has 0 saturated heterocycles. The van der Waals surface area contributed by atoms with E-state index in [0.29, 0.717) is 17.9 Å². The molecule has 0 atom stereocenters. The van der Waals surface area contributed by atoms with E-state index in [2.05, 4.69) is 24.2 Å². The number of aromatic nitrogens is 4. The van der Waals surface area contributed by atoms with Crippen molar-refractivity contribution in [2.75, 3.05) is 6.79 Å². The van der Waals surface area contributed by atoms with Gasteiger partial charge in [0.25, 0.3) is 0 Å². The van der Waals surface area contributed by atoms with E-state index >= 15 is 0 Å². The Morgan fingerprint density at radius 2 is 1.83 bits per heavy atom. The number of ether oxygens (including phenoxy) is 2. The van der Waals surface area contributed by atoms with Gasteiger partial charge in [0.05, 0.1) is 16.7 Å². The van der Waals surface area contributed by atoms with Crippen molar-refractivity contribution in [1.82, 2.24) is 19.8 Å². The van der Waals surface area contributed by atoms with Crippen LogP contribution in [0.3, 0.4) is 0 Å². The Bertz CT molecular complexity index is 1530. The van der Waals surface area contributed by atoms with Gasteiger partial charge in [0, 0.05) is 34.2 Å². The van der Waals surface area contributed by atoms with E-state index in [4.69, 9.17) is 14.5 Å². The summed E-state index contributed by atoms with van der Waals surface area (Å²) >= 11 is 0. The van der Waals surface area contributed by atoms with Crippen LogP contribution < -0.4 is 9.47 Å². The minimum Gasteiger partial charge on any atom is -0.454 e. The molecule has 0 bridgehead atoms. The number of Topliss-reactive ketones (excluding diaryl/α,β-unsaturated/α-hetero) is 1. The second-order valence-electron chi connectivity index (χ2n) is 8.80. The quantitative estimate of drug-likeness (QED) is 0.298. The van der Waals surface area contributed by atoms with E-state index in [-0.39, 0.29) is 18.0 Å². The summed E-state index contributed by atoms with van der Waals surface area (Å²) in [6.45, 7) is 4.44. The Labute approximate surface area is 164 Å². The van der Waals surface area contributed by atoms with Crippen LogP contribution >= 0.6 is 0 Å². The van der Waals surface area contributed by atoms with Crippen LogP contribution in [0.15, 0.2) is 24.3 Å². The van der Waals surface area contributed by atoms with E-state index in [9.17, 15) is 4.79 Å². The van der Waals surface area contributed by atoms with Gasteiger partial charge in [-0.25, -0.2) is 4.52 Å². The summed E-state index contributed by atoms with van der Waals surface area (Å²) in [7, 11) is 0. The second-order valence-corrected chi connectivity index (χ2v) is 8.80. The first-order valence-corrected chi connectivity index (χ1v) is 9.69. The molecule has 0 spiro atoms. The van der Waals surface area contributed by atoms with Crippen molar-refractivity contribution in [1.29, 1.82) is 0 Å². The third-order valence-electron chi connectivity index (χ3n) is 6.18. The number of carbonyl (C=O) groups excluding carboxylic acids is 1. The number of pyridine rings is 2. The van der Waals surface area contributed by atoms with Crippen molar-refractivity contribution in [2.45, 2.75) is 26.7 Å². The third kappa shape index (κ3) is 1.83. The van der Waals surface area contributed by atoms with Gasteiger partial charge in [0.1, 0.15) is 11.0 Å². The van der Waals surface area contributed by atoms with E-state index < -0.39 is 0 Å². The van der Waals surface area contributed by atoms with Crippen molar-refractivity contribution in [2.24, 2.45) is 5.41 Å². The number of nitrogens with zero attached hydrogens (tertiary/aromatic N) is 4. The SMILES string of the molecule is CC1(C)CC(=O)c2c(nc3ccc4nnn5c6cc7c(cc6c2c3c45)OCO7)C1. The summed E-state index contributed by atoms with van der Waals surface area (Å²) in [5.74, 6) is 1.50. The molecule has 2 aromatic carbocycles. The van der Waals surface area contributed by atoms with Gasteiger partial charge in [-0.3, -0.25) is 9.78 Å². The second kappa shape index (κ2) is 4.74. The minimum atomic E-state index is -0.0999. The first kappa shape index (κ1) is 15.4. The van der Waals surface area contributed by atoms with Gasteiger partial charge in [-0.05, 0) is 30.0 Å². The Morgan fingerprint density at radius 3 is 2.69 bits per heavy atom. The van der Waals surface area contributed by atoms with Crippen LogP contribution in [-0.4, -0.2) is 32.4 Å². The summed E-state index contributed by atoms with van der Waals surface area (Å²) in [6, 6.07) is 7.81. The topological polar surface area (TPSA) is 78.6 Å². The maximum Gasteiger partial charge on any atom is 0.231 e. The Kier molecular flexibility index (Phi) is 2.52. The zero-order chi connectivity index (χ0) is 19.5. The summed E-state index contributed by atoms with van der Waals surface area (Å²) in [6.07, 6.45) is 1.28. The van der Waals surface area contributed by atoms with Crippen molar-refractivity contribution in [3.05, 3.63) is 35.5 Å². The maximum atomic E-state index is 13.3. The molecule has 0 unspecified atom stereocenters. The molecule has 0 fully saturated rings. The van der Waals surface area contributed by atoms with Gasteiger partial charge in [-0.15, -0.1) is 5.10 Å². The molecular formula is C22H16N4O3. The normalized spacial score (nSPS) is 17.8. The maximum absolute atomic E-state index is 13.3. The highest BCUT2D eigenvalue weighted by molar-refractivity contribution is 6.28. The highest BCUT2D eigenvalue weighted by Crippen LogP contribution is 2.45. The number of fused-ring (bicyclic) bond motifs is 6. The Hall–Kier alpha value is -3.48. The minimum absolute atomic E-state index is 0.0999. The molecule has 1 aliphatic heterocycles. The fourth-order valence-electron chi connectivity index (χ4n) is 5.02. The number of hydrogen-bond donors (Lipinski definition) is 0. The van der Waals surface area contributed by atoms with Gasteiger partial charge >= 0.3 is 0 Å². The van der Waals surface area contributed by atoms with Gasteiger partial charge < -0.3 is 9.47 Å². The fraction of sp³-hybridized carbons (Fsp3) is 0.273. The van der Waals surface area contributed by atoms with Crippen LogP contribution in [0.1, 0.15) is 36.3 Å². The lowest BCUT2D eigenvalue weighted by molar-refractivity contribution is 0.0912. The molecule has 142 valence electrons. The van der Waals surface area contributed by atoms with Crippen molar-refractivity contribution >= 4 is 44.0 Å². The molecule has 0 amide bonds. The van der Waals surface area contributed by atoms with Gasteiger partial charge in [-0.1, -0.05) is 19.1 Å². The molecule has 5 aromatic rings. The highest BCUT2D eigenvalue weighted by atomic mass is 16.7. The number of carbonyl (C=O) groups is 1. The van der Waals surface area contributed by atoms with Gasteiger partial charge in [0.2, 0.25) is 6.79 Å². The molecule has 1 aliphatic carbocycles. The highest BCUT2D eigenvalue weighted by Gasteiger charge is 2.35. The predicted octanol–water partition coefficient (Wildman–Crippen LogP) is 3.91. The average Bonchev–Trinajstić information content (AvgIpc) is 3.30. The molecule has 0 N–H and O–H groups in total. The van der Waals surface area contributed by atoms with Gasteiger partial charge in [0.15, 0.2) is 17.3 Å². The summed E-state index contributed by atoms with van der Waals surface area (Å²) in [5, 5.41) is 11.5. The average molecular weight is 384 g/mol. The molecule has 2 aliphatic rings.